The molecule has 0 spiro atoms. The van der Waals surface area contributed by atoms with Crippen LogP contribution in [0.3, 0.4) is 0 Å². The van der Waals surface area contributed by atoms with Gasteiger partial charge in [0.25, 0.3) is 9.05 Å². The van der Waals surface area contributed by atoms with Crippen LogP contribution in [0.4, 0.5) is 5.69 Å². The second kappa shape index (κ2) is 3.20. The third-order valence-electron chi connectivity index (χ3n) is 1.31. The fourth-order valence-corrected chi connectivity index (χ4v) is 1.68. The van der Waals surface area contributed by atoms with E-state index >= 15 is 0 Å². The zero-order valence-electron chi connectivity index (χ0n) is 6.14. The number of hydrogen-bond acceptors (Lipinski definition) is 4. The molecule has 0 bridgehead atoms. The van der Waals surface area contributed by atoms with Gasteiger partial charge < -0.3 is 5.11 Å². The Hall–Kier alpha value is -1.32. The van der Waals surface area contributed by atoms with Crippen LogP contribution in [-0.2, 0) is 9.05 Å². The Bertz CT molecular complexity index is 477. The average molecular weight is 219 g/mol. The normalized spacial score (nSPS) is 10.8. The van der Waals surface area contributed by atoms with E-state index in [-0.39, 0.29) is 5.69 Å². The van der Waals surface area contributed by atoms with Crippen LogP contribution in [0.2, 0.25) is 0 Å². The van der Waals surface area contributed by atoms with Gasteiger partial charge >= 0.3 is 5.69 Å². The smallest absolute Gasteiger partial charge is 0.386 e. The van der Waals surface area contributed by atoms with Gasteiger partial charge in [0.1, 0.15) is 0 Å². The number of rotatable bonds is 1. The standard InChI is InChI=1S/C6H3ClN2O3S/c7-13(11,12)6-3-4(9-8)1-2-5(6)10/h1-3H. The number of hydrogen-bond donors (Lipinski definition) is 0. The van der Waals surface area contributed by atoms with E-state index in [9.17, 15) is 13.5 Å². The summed E-state index contributed by atoms with van der Waals surface area (Å²) in [6.07, 6.45) is 0. The molecular formula is C6H3ClN2O3S. The van der Waals surface area contributed by atoms with Crippen LogP contribution < -0.4 is 5.11 Å². The first-order valence-electron chi connectivity index (χ1n) is 3.06. The summed E-state index contributed by atoms with van der Waals surface area (Å²) in [4.78, 5) is 2.13. The summed E-state index contributed by atoms with van der Waals surface area (Å²) in [6, 6.07) is 3.03. The third kappa shape index (κ3) is 2.08. The van der Waals surface area contributed by atoms with Crippen molar-refractivity contribution in [2.24, 2.45) is 0 Å². The van der Waals surface area contributed by atoms with Crippen LogP contribution in [0.5, 0.6) is 5.75 Å². The van der Waals surface area contributed by atoms with E-state index in [4.69, 9.17) is 16.1 Å². The zero-order valence-corrected chi connectivity index (χ0v) is 7.71. The second-order valence-corrected chi connectivity index (χ2v) is 4.70. The summed E-state index contributed by atoms with van der Waals surface area (Å²) in [5.74, 6) is -0.734. The number of benzene rings is 1. The predicted octanol–water partition coefficient (Wildman–Crippen LogP) is 1.17. The lowest BCUT2D eigenvalue weighted by Gasteiger charge is -2.07. The fraction of sp³-hybridized carbons (Fsp3) is 0. The molecule has 1 aromatic rings. The van der Waals surface area contributed by atoms with Gasteiger partial charge in [-0.1, -0.05) is 11.8 Å². The maximum absolute atomic E-state index is 10.9. The summed E-state index contributed by atoms with van der Waals surface area (Å²) in [7, 11) is 0.864. The molecule has 0 aliphatic heterocycles. The average Bonchev–Trinajstić information content (AvgIpc) is 2.03. The lowest BCUT2D eigenvalue weighted by atomic mass is 10.3. The van der Waals surface area contributed by atoms with Gasteiger partial charge in [-0.05, 0) is 0 Å². The molecule has 0 radical (unpaired) electrons. The van der Waals surface area contributed by atoms with E-state index in [1.165, 1.54) is 6.07 Å². The lowest BCUT2D eigenvalue weighted by Crippen LogP contribution is -1.99. The maximum Gasteiger partial charge on any atom is 0.386 e. The molecule has 5 nitrogen and oxygen atoms in total. The Morgan fingerprint density at radius 3 is 2.54 bits per heavy atom. The Kier molecular flexibility index (Phi) is 2.40. The van der Waals surface area contributed by atoms with Gasteiger partial charge in [-0.2, -0.15) is 0 Å². The topological polar surface area (TPSA) is 85.3 Å². The molecule has 0 amide bonds. The Balaban J connectivity index is 3.47. The molecule has 0 fully saturated rings. The monoisotopic (exact) mass is 218 g/mol. The minimum absolute atomic E-state index is 0.0428. The predicted molar refractivity (Wildman–Crippen MR) is 43.7 cm³/mol. The molecule has 0 heterocycles. The highest BCUT2D eigenvalue weighted by atomic mass is 35.7. The highest BCUT2D eigenvalue weighted by molar-refractivity contribution is 8.13. The van der Waals surface area contributed by atoms with Crippen LogP contribution in [0, 0.1) is 5.39 Å². The fourth-order valence-electron chi connectivity index (χ4n) is 0.749. The van der Waals surface area contributed by atoms with Crippen molar-refractivity contribution in [3.05, 3.63) is 23.2 Å². The zero-order chi connectivity index (χ0) is 10.1. The van der Waals surface area contributed by atoms with Crippen molar-refractivity contribution >= 4 is 25.4 Å². The van der Waals surface area contributed by atoms with Crippen LogP contribution >= 0.6 is 10.7 Å². The molecule has 68 valence electrons. The summed E-state index contributed by atoms with van der Waals surface area (Å²) < 4.78 is 21.5. The van der Waals surface area contributed by atoms with Gasteiger partial charge in [-0.3, -0.25) is 0 Å². The Morgan fingerprint density at radius 1 is 1.46 bits per heavy atom. The van der Waals surface area contributed by atoms with Crippen molar-refractivity contribution in [1.29, 1.82) is 5.39 Å². The summed E-state index contributed by atoms with van der Waals surface area (Å²) in [5, 5.41) is 19.3. The van der Waals surface area contributed by atoms with Crippen molar-refractivity contribution in [2.45, 2.75) is 4.90 Å². The Labute approximate surface area is 78.6 Å². The molecule has 0 saturated carbocycles. The maximum atomic E-state index is 10.9. The van der Waals surface area contributed by atoms with Crippen molar-refractivity contribution in [1.82, 2.24) is 0 Å². The van der Waals surface area contributed by atoms with Crippen molar-refractivity contribution in [3.8, 4) is 5.75 Å². The van der Waals surface area contributed by atoms with Gasteiger partial charge in [0, 0.05) is 16.7 Å². The summed E-state index contributed by atoms with van der Waals surface area (Å²) >= 11 is 0. The Morgan fingerprint density at radius 2 is 2.08 bits per heavy atom. The minimum atomic E-state index is -4.08. The number of halogens is 1. The lowest BCUT2D eigenvalue weighted by molar-refractivity contribution is -0.272. The largest absolute Gasteiger partial charge is 0.872 e. The van der Waals surface area contributed by atoms with Gasteiger partial charge in [0.05, 0.1) is 11.0 Å². The third-order valence-corrected chi connectivity index (χ3v) is 2.65. The number of nitrogens with zero attached hydrogens (tertiary/aromatic N) is 2. The quantitative estimate of drug-likeness (QED) is 0.523. The van der Waals surface area contributed by atoms with E-state index < -0.39 is 19.7 Å². The van der Waals surface area contributed by atoms with Gasteiger partial charge in [-0.15, -0.1) is 0 Å². The molecule has 7 heteroatoms. The molecule has 0 aromatic heterocycles. The van der Waals surface area contributed by atoms with Crippen LogP contribution in [0.15, 0.2) is 23.1 Å². The summed E-state index contributed by atoms with van der Waals surface area (Å²) in [5.41, 5.74) is -0.0428. The first kappa shape index (κ1) is 9.77. The van der Waals surface area contributed by atoms with Crippen LogP contribution in [0.1, 0.15) is 0 Å². The van der Waals surface area contributed by atoms with Gasteiger partial charge in [0.2, 0.25) is 5.39 Å². The molecule has 13 heavy (non-hydrogen) atoms. The van der Waals surface area contributed by atoms with Gasteiger partial charge in [-0.25, -0.2) is 8.42 Å². The first-order valence-corrected chi connectivity index (χ1v) is 5.37. The molecule has 1 rings (SSSR count). The van der Waals surface area contributed by atoms with E-state index in [1.807, 2.05) is 0 Å². The molecule has 0 atom stereocenters. The highest BCUT2D eigenvalue weighted by Gasteiger charge is 2.15. The van der Waals surface area contributed by atoms with E-state index in [1.54, 1.807) is 0 Å². The molecule has 0 aliphatic carbocycles. The van der Waals surface area contributed by atoms with E-state index in [0.29, 0.717) is 0 Å². The van der Waals surface area contributed by atoms with Crippen molar-refractivity contribution in [2.75, 3.05) is 0 Å². The molecular weight excluding hydrogens is 216 g/mol. The molecule has 0 N–H and O–H groups in total. The summed E-state index contributed by atoms with van der Waals surface area (Å²) in [6.45, 7) is 0. The first-order chi connectivity index (χ1) is 5.95. The van der Waals surface area contributed by atoms with Crippen LogP contribution in [0.25, 0.3) is 4.98 Å². The highest BCUT2D eigenvalue weighted by Crippen LogP contribution is 2.27. The molecule has 1 aromatic carbocycles. The molecule has 0 aliphatic rings. The number of diazo groups is 1. The van der Waals surface area contributed by atoms with Crippen LogP contribution in [-0.4, -0.2) is 8.42 Å². The minimum Gasteiger partial charge on any atom is -0.872 e. The van der Waals surface area contributed by atoms with Crippen molar-refractivity contribution < 1.29 is 13.5 Å². The second-order valence-electron chi connectivity index (χ2n) is 2.17. The van der Waals surface area contributed by atoms with Crippen molar-refractivity contribution in [3.63, 3.8) is 0 Å². The van der Waals surface area contributed by atoms with E-state index in [2.05, 4.69) is 4.98 Å². The van der Waals surface area contributed by atoms with E-state index in [0.717, 1.165) is 12.1 Å². The SMILES string of the molecule is N#[N+]c1ccc([O-])c(S(=O)(=O)Cl)c1. The van der Waals surface area contributed by atoms with Gasteiger partial charge in [0.15, 0.2) is 4.98 Å². The molecule has 0 saturated heterocycles. The molecule has 0 unspecified atom stereocenters.